The molecule has 2 N–H and O–H groups in total. The molecule has 1 aliphatic heterocycles. The first-order valence-electron chi connectivity index (χ1n) is 10.1. The molecule has 5 atom stereocenters. The van der Waals surface area contributed by atoms with Gasteiger partial charge in [-0.15, -0.1) is 0 Å². The first kappa shape index (κ1) is 21.5. The zero-order chi connectivity index (χ0) is 19.6. The van der Waals surface area contributed by atoms with E-state index in [0.717, 1.165) is 38.5 Å². The molecule has 1 aliphatic carbocycles. The van der Waals surface area contributed by atoms with Crippen molar-refractivity contribution in [3.8, 4) is 0 Å². The van der Waals surface area contributed by atoms with Gasteiger partial charge in [0.05, 0.1) is 6.10 Å². The van der Waals surface area contributed by atoms with E-state index in [4.69, 9.17) is 14.6 Å². The average molecular weight is 380 g/mol. The number of fused-ring (bicyclic) bond motifs is 2. The van der Waals surface area contributed by atoms with Gasteiger partial charge in [-0.3, -0.25) is 4.79 Å². The second-order valence-electron chi connectivity index (χ2n) is 7.48. The molecule has 27 heavy (non-hydrogen) atoms. The largest absolute Gasteiger partial charge is 0.508 e. The van der Waals surface area contributed by atoms with Gasteiger partial charge in [-0.05, 0) is 25.7 Å². The van der Waals surface area contributed by atoms with Crippen LogP contribution in [0.4, 0.5) is 4.79 Å². The molecule has 152 valence electrons. The van der Waals surface area contributed by atoms with Crippen molar-refractivity contribution in [2.45, 2.75) is 83.0 Å². The zero-order valence-electron chi connectivity index (χ0n) is 16.1. The molecule has 1 saturated heterocycles. The van der Waals surface area contributed by atoms with Gasteiger partial charge in [0, 0.05) is 24.7 Å². The molecule has 6 nitrogen and oxygen atoms in total. The lowest BCUT2D eigenvalue weighted by Gasteiger charge is -2.20. The van der Waals surface area contributed by atoms with Crippen molar-refractivity contribution in [2.75, 3.05) is 0 Å². The number of ether oxygens (including phenoxy) is 2. The average Bonchev–Trinajstić information content (AvgIpc) is 2.86. The Morgan fingerprint density at radius 3 is 2.74 bits per heavy atom. The quantitative estimate of drug-likeness (QED) is 0.299. The van der Waals surface area contributed by atoms with Crippen LogP contribution in [0, 0.1) is 11.8 Å². The van der Waals surface area contributed by atoms with Gasteiger partial charge in [-0.1, -0.05) is 50.5 Å². The summed E-state index contributed by atoms with van der Waals surface area (Å²) in [5.41, 5.74) is 0. The number of hydrogen-bond donors (Lipinski definition) is 2. The number of aliphatic hydroxyl groups is 1. The third kappa shape index (κ3) is 7.01. The van der Waals surface area contributed by atoms with E-state index >= 15 is 0 Å². The molecular weight excluding hydrogens is 348 g/mol. The molecule has 1 saturated carbocycles. The highest BCUT2D eigenvalue weighted by molar-refractivity contribution is 5.66. The minimum absolute atomic E-state index is 0.0333. The number of carbonyl (C=O) groups excluding carboxylic acids is 1. The predicted molar refractivity (Wildman–Crippen MR) is 101 cm³/mol. The summed E-state index contributed by atoms with van der Waals surface area (Å²) in [5.74, 6) is -0.623. The molecule has 6 heteroatoms. The predicted octanol–water partition coefficient (Wildman–Crippen LogP) is 4.23. The molecule has 2 aliphatic rings. The maximum absolute atomic E-state index is 11.6. The Labute approximate surface area is 161 Å². The van der Waals surface area contributed by atoms with Crippen LogP contribution in [0.5, 0.6) is 0 Å². The van der Waals surface area contributed by atoms with Crippen LogP contribution in [0.3, 0.4) is 0 Å². The van der Waals surface area contributed by atoms with Gasteiger partial charge < -0.3 is 19.7 Å². The molecule has 2 rings (SSSR count). The Morgan fingerprint density at radius 2 is 2.00 bits per heavy atom. The highest BCUT2D eigenvalue weighted by Gasteiger charge is 2.49. The van der Waals surface area contributed by atoms with Crippen molar-refractivity contribution in [1.82, 2.24) is 0 Å². The smallest absolute Gasteiger partial charge is 0.481 e. The minimum Gasteiger partial charge on any atom is -0.481 e. The maximum Gasteiger partial charge on any atom is 0.508 e. The van der Waals surface area contributed by atoms with Crippen molar-refractivity contribution in [3.05, 3.63) is 24.3 Å². The van der Waals surface area contributed by atoms with Gasteiger partial charge in [0.25, 0.3) is 0 Å². The maximum atomic E-state index is 11.6. The minimum atomic E-state index is -0.778. The summed E-state index contributed by atoms with van der Waals surface area (Å²) < 4.78 is 10.7. The summed E-state index contributed by atoms with van der Waals surface area (Å²) in [6.45, 7) is 2.13. The van der Waals surface area contributed by atoms with Crippen molar-refractivity contribution in [2.24, 2.45) is 11.8 Å². The highest BCUT2D eigenvalue weighted by Crippen LogP contribution is 2.43. The summed E-state index contributed by atoms with van der Waals surface area (Å²) in [6.07, 6.45) is 13.3. The normalized spacial score (nSPS) is 28.4. The Balaban J connectivity index is 1.90. The van der Waals surface area contributed by atoms with Gasteiger partial charge in [0.2, 0.25) is 0 Å². The molecule has 0 aromatic rings. The topological polar surface area (TPSA) is 93.1 Å². The monoisotopic (exact) mass is 380 g/mol. The first-order valence-corrected chi connectivity index (χ1v) is 10.1. The number of carboxylic acids is 1. The van der Waals surface area contributed by atoms with Crippen LogP contribution < -0.4 is 0 Å². The summed E-state index contributed by atoms with van der Waals surface area (Å²) in [7, 11) is 0. The van der Waals surface area contributed by atoms with E-state index in [1.54, 1.807) is 0 Å². The molecule has 0 aromatic carbocycles. The molecule has 2 bridgehead atoms. The molecule has 0 spiro atoms. The molecule has 0 radical (unpaired) electrons. The van der Waals surface area contributed by atoms with Crippen LogP contribution in [-0.4, -0.2) is 40.6 Å². The molecule has 2 fully saturated rings. The number of aliphatic hydroxyl groups excluding tert-OH is 1. The molecular formula is C21H32O6. The standard InChI is InChI=1S/C21H32O6/c1-2-3-6-9-15(22)12-13-17-16(10-7-4-5-8-11-20(23)24)18-14-19(17)27-21(25)26-18/h4,7,12-13,15-19,22H,2-3,5-6,8-11,14H2,1H3,(H,23,24)/b7-4-,13-12+/t15-,16?,17?,18?,19?/m0/s1. The molecule has 4 unspecified atom stereocenters. The second kappa shape index (κ2) is 11.1. The van der Waals surface area contributed by atoms with E-state index in [1.807, 2.05) is 24.3 Å². The van der Waals surface area contributed by atoms with Crippen LogP contribution in [0.15, 0.2) is 24.3 Å². The number of aliphatic carboxylic acids is 1. The summed E-state index contributed by atoms with van der Waals surface area (Å²) in [4.78, 5) is 22.2. The number of rotatable bonds is 12. The number of carboxylic acid groups (broad SMARTS) is 1. The SMILES string of the molecule is CCCCC[C@H](O)/C=C/C1C2CC(OC(=O)O2)C1C/C=C\CCCC(=O)O. The lowest BCUT2D eigenvalue weighted by molar-refractivity contribution is -0.137. The first-order chi connectivity index (χ1) is 13.0. The Bertz CT molecular complexity index is 541. The molecule has 1 heterocycles. The third-order valence-electron chi connectivity index (χ3n) is 5.36. The fraction of sp³-hybridized carbons (Fsp3) is 0.714. The van der Waals surface area contributed by atoms with E-state index in [2.05, 4.69) is 6.92 Å². The van der Waals surface area contributed by atoms with Crippen LogP contribution in [0.2, 0.25) is 0 Å². The summed E-state index contributed by atoms with van der Waals surface area (Å²) in [6, 6.07) is 0. The van der Waals surface area contributed by atoms with E-state index in [0.29, 0.717) is 12.8 Å². The van der Waals surface area contributed by atoms with Gasteiger partial charge in [0.1, 0.15) is 12.2 Å². The number of allylic oxidation sites excluding steroid dienone is 2. The molecule has 0 aromatic heterocycles. The van der Waals surface area contributed by atoms with Crippen LogP contribution >= 0.6 is 0 Å². The fourth-order valence-electron chi connectivity index (χ4n) is 3.90. The fourth-order valence-corrected chi connectivity index (χ4v) is 3.90. The van der Waals surface area contributed by atoms with Crippen LogP contribution in [0.1, 0.15) is 64.7 Å². The van der Waals surface area contributed by atoms with Crippen molar-refractivity contribution >= 4 is 12.1 Å². The Kier molecular flexibility index (Phi) is 8.85. The second-order valence-corrected chi connectivity index (χ2v) is 7.48. The van der Waals surface area contributed by atoms with Gasteiger partial charge in [-0.25, -0.2) is 4.79 Å². The van der Waals surface area contributed by atoms with Crippen molar-refractivity contribution in [1.29, 1.82) is 0 Å². The number of unbranched alkanes of at least 4 members (excludes halogenated alkanes) is 3. The van der Waals surface area contributed by atoms with Crippen LogP contribution in [-0.2, 0) is 14.3 Å². The van der Waals surface area contributed by atoms with Crippen molar-refractivity contribution in [3.63, 3.8) is 0 Å². The summed E-state index contributed by atoms with van der Waals surface area (Å²) in [5, 5.41) is 18.8. The highest BCUT2D eigenvalue weighted by atomic mass is 16.7. The lowest BCUT2D eigenvalue weighted by Crippen LogP contribution is -2.28. The van der Waals surface area contributed by atoms with Crippen molar-refractivity contribution < 1.29 is 29.3 Å². The third-order valence-corrected chi connectivity index (χ3v) is 5.36. The Morgan fingerprint density at radius 1 is 1.22 bits per heavy atom. The van der Waals surface area contributed by atoms with Gasteiger partial charge in [0.15, 0.2) is 0 Å². The number of carbonyl (C=O) groups is 2. The van der Waals surface area contributed by atoms with Gasteiger partial charge in [-0.2, -0.15) is 0 Å². The van der Waals surface area contributed by atoms with Gasteiger partial charge >= 0.3 is 12.1 Å². The molecule has 0 amide bonds. The van der Waals surface area contributed by atoms with E-state index in [9.17, 15) is 14.7 Å². The van der Waals surface area contributed by atoms with Crippen LogP contribution in [0.25, 0.3) is 0 Å². The number of hydrogen-bond acceptors (Lipinski definition) is 5. The Hall–Kier alpha value is -1.82. The van der Waals surface area contributed by atoms with E-state index in [1.165, 1.54) is 0 Å². The zero-order valence-corrected chi connectivity index (χ0v) is 16.1. The van der Waals surface area contributed by atoms with E-state index < -0.39 is 18.2 Å². The summed E-state index contributed by atoms with van der Waals surface area (Å²) >= 11 is 0. The van der Waals surface area contributed by atoms with E-state index in [-0.39, 0.29) is 30.5 Å². The lowest BCUT2D eigenvalue weighted by atomic mass is 9.89.